The van der Waals surface area contributed by atoms with Gasteiger partial charge >= 0.3 is 0 Å². The molecule has 0 aromatic heterocycles. The number of methoxy groups -OCH3 is 1. The second-order valence-corrected chi connectivity index (χ2v) is 6.20. The van der Waals surface area contributed by atoms with E-state index in [1.54, 1.807) is 7.11 Å². The zero-order chi connectivity index (χ0) is 15.6. The maximum absolute atomic E-state index is 6.61. The van der Waals surface area contributed by atoms with Crippen LogP contribution in [0.1, 0.15) is 34.7 Å². The van der Waals surface area contributed by atoms with E-state index in [2.05, 4.69) is 45.9 Å². The molecule has 0 radical (unpaired) electrons. The number of nitrogens with two attached hydrogens (primary N) is 1. The second kappa shape index (κ2) is 5.90. The molecule has 0 aliphatic heterocycles. The Morgan fingerprint density at radius 3 is 2.24 bits per heavy atom. The van der Waals surface area contributed by atoms with Crippen molar-refractivity contribution in [3.8, 4) is 5.75 Å². The van der Waals surface area contributed by atoms with Gasteiger partial charge in [0.2, 0.25) is 0 Å². The van der Waals surface area contributed by atoms with Crippen molar-refractivity contribution in [3.63, 3.8) is 0 Å². The molecule has 1 unspecified atom stereocenters. The van der Waals surface area contributed by atoms with Crippen molar-refractivity contribution < 1.29 is 4.74 Å². The smallest absolute Gasteiger partial charge is 0.119 e. The molecule has 2 nitrogen and oxygen atoms in total. The van der Waals surface area contributed by atoms with Crippen LogP contribution < -0.4 is 10.5 Å². The lowest BCUT2D eigenvalue weighted by Gasteiger charge is -2.28. The Balaban J connectivity index is 2.37. The SMILES string of the molecule is COc1cccc(C(C)(N)Cc2c(C)cc(C)cc2C)c1. The summed E-state index contributed by atoms with van der Waals surface area (Å²) in [6.07, 6.45) is 0.818. The average molecular weight is 283 g/mol. The van der Waals surface area contributed by atoms with Crippen molar-refractivity contribution in [3.05, 3.63) is 64.2 Å². The van der Waals surface area contributed by atoms with Crippen molar-refractivity contribution >= 4 is 0 Å². The molecule has 21 heavy (non-hydrogen) atoms. The molecule has 0 amide bonds. The minimum Gasteiger partial charge on any atom is -0.497 e. The summed E-state index contributed by atoms with van der Waals surface area (Å²) in [5.74, 6) is 0.849. The quantitative estimate of drug-likeness (QED) is 0.919. The van der Waals surface area contributed by atoms with Gasteiger partial charge in [0.05, 0.1) is 7.11 Å². The van der Waals surface area contributed by atoms with E-state index in [0.717, 1.165) is 17.7 Å². The monoisotopic (exact) mass is 283 g/mol. The third-order valence-electron chi connectivity index (χ3n) is 4.11. The lowest BCUT2D eigenvalue weighted by Crippen LogP contribution is -2.36. The van der Waals surface area contributed by atoms with Crippen molar-refractivity contribution in [2.45, 2.75) is 39.7 Å². The molecule has 2 aromatic carbocycles. The fourth-order valence-electron chi connectivity index (χ4n) is 2.94. The molecule has 1 atom stereocenters. The molecule has 2 aromatic rings. The zero-order valence-corrected chi connectivity index (χ0v) is 13.7. The van der Waals surface area contributed by atoms with Crippen LogP contribution in [0.15, 0.2) is 36.4 Å². The van der Waals surface area contributed by atoms with Crippen LogP contribution >= 0.6 is 0 Å². The van der Waals surface area contributed by atoms with E-state index in [0.29, 0.717) is 0 Å². The molecule has 2 rings (SSSR count). The number of aryl methyl sites for hydroxylation is 3. The Morgan fingerprint density at radius 2 is 1.67 bits per heavy atom. The number of hydrogen-bond acceptors (Lipinski definition) is 2. The van der Waals surface area contributed by atoms with E-state index in [4.69, 9.17) is 10.5 Å². The molecule has 2 heteroatoms. The molecule has 0 aliphatic carbocycles. The normalized spacial score (nSPS) is 13.8. The van der Waals surface area contributed by atoms with Crippen LogP contribution in [-0.2, 0) is 12.0 Å². The van der Waals surface area contributed by atoms with Crippen LogP contribution in [0.5, 0.6) is 5.75 Å². The van der Waals surface area contributed by atoms with E-state index in [1.165, 1.54) is 22.3 Å². The standard InChI is InChI=1S/C19H25NO/c1-13-9-14(2)18(15(3)10-13)12-19(4,20)16-7-6-8-17(11-16)21-5/h6-11H,12,20H2,1-5H3. The van der Waals surface area contributed by atoms with E-state index in [1.807, 2.05) is 18.2 Å². The fraction of sp³-hybridized carbons (Fsp3) is 0.368. The molecule has 0 bridgehead atoms. The number of benzene rings is 2. The van der Waals surface area contributed by atoms with Gasteiger partial charge in [0, 0.05) is 5.54 Å². The van der Waals surface area contributed by atoms with Crippen LogP contribution in [-0.4, -0.2) is 7.11 Å². The van der Waals surface area contributed by atoms with E-state index in [9.17, 15) is 0 Å². The summed E-state index contributed by atoms with van der Waals surface area (Å²) in [5.41, 5.74) is 12.6. The first kappa shape index (κ1) is 15.6. The van der Waals surface area contributed by atoms with Crippen LogP contribution in [0.25, 0.3) is 0 Å². The minimum absolute atomic E-state index is 0.417. The molecule has 112 valence electrons. The first-order valence-corrected chi connectivity index (χ1v) is 7.33. The molecule has 0 aliphatic rings. The molecule has 0 spiro atoms. The molecule has 2 N–H and O–H groups in total. The topological polar surface area (TPSA) is 35.2 Å². The Morgan fingerprint density at radius 1 is 1.05 bits per heavy atom. The first-order valence-electron chi connectivity index (χ1n) is 7.33. The largest absolute Gasteiger partial charge is 0.497 e. The van der Waals surface area contributed by atoms with Gasteiger partial charge in [0.1, 0.15) is 5.75 Å². The number of hydrogen-bond donors (Lipinski definition) is 1. The first-order chi connectivity index (χ1) is 9.83. The number of rotatable bonds is 4. The highest BCUT2D eigenvalue weighted by Crippen LogP contribution is 2.29. The maximum Gasteiger partial charge on any atom is 0.119 e. The average Bonchev–Trinajstić information content (AvgIpc) is 2.43. The van der Waals surface area contributed by atoms with E-state index >= 15 is 0 Å². The predicted molar refractivity (Wildman–Crippen MR) is 88.9 cm³/mol. The van der Waals surface area contributed by atoms with Crippen molar-refractivity contribution in [1.29, 1.82) is 0 Å². The van der Waals surface area contributed by atoms with Crippen molar-refractivity contribution in [2.24, 2.45) is 5.73 Å². The Hall–Kier alpha value is -1.80. The van der Waals surface area contributed by atoms with Gasteiger partial charge in [-0.1, -0.05) is 29.8 Å². The lowest BCUT2D eigenvalue weighted by atomic mass is 9.83. The van der Waals surface area contributed by atoms with Crippen LogP contribution in [0.3, 0.4) is 0 Å². The highest BCUT2D eigenvalue weighted by atomic mass is 16.5. The van der Waals surface area contributed by atoms with Gasteiger partial charge in [-0.3, -0.25) is 0 Å². The predicted octanol–water partition coefficient (Wildman–Crippen LogP) is 4.04. The van der Waals surface area contributed by atoms with Gasteiger partial charge in [-0.05, 0) is 68.5 Å². The molecule has 0 fully saturated rings. The summed E-state index contributed by atoms with van der Waals surface area (Å²) in [4.78, 5) is 0. The summed E-state index contributed by atoms with van der Waals surface area (Å²) in [5, 5.41) is 0. The van der Waals surface area contributed by atoms with Crippen LogP contribution in [0, 0.1) is 20.8 Å². The Bertz CT molecular complexity index is 621. The molecular weight excluding hydrogens is 258 g/mol. The molecule has 0 saturated heterocycles. The highest BCUT2D eigenvalue weighted by Gasteiger charge is 2.24. The Labute approximate surface area is 127 Å². The minimum atomic E-state index is -0.417. The van der Waals surface area contributed by atoms with Gasteiger partial charge in [-0.25, -0.2) is 0 Å². The van der Waals surface area contributed by atoms with E-state index < -0.39 is 5.54 Å². The lowest BCUT2D eigenvalue weighted by molar-refractivity contribution is 0.410. The van der Waals surface area contributed by atoms with Gasteiger partial charge in [-0.2, -0.15) is 0 Å². The second-order valence-electron chi connectivity index (χ2n) is 6.20. The molecule has 0 heterocycles. The van der Waals surface area contributed by atoms with Gasteiger partial charge in [0.15, 0.2) is 0 Å². The Kier molecular flexibility index (Phi) is 4.38. The zero-order valence-electron chi connectivity index (χ0n) is 13.7. The summed E-state index contributed by atoms with van der Waals surface area (Å²) in [7, 11) is 1.68. The highest BCUT2D eigenvalue weighted by molar-refractivity contribution is 5.41. The van der Waals surface area contributed by atoms with Crippen LogP contribution in [0.2, 0.25) is 0 Å². The molecular formula is C19H25NO. The fourth-order valence-corrected chi connectivity index (χ4v) is 2.94. The summed E-state index contributed by atoms with van der Waals surface area (Å²) in [6, 6.07) is 12.5. The summed E-state index contributed by atoms with van der Waals surface area (Å²) < 4.78 is 5.31. The maximum atomic E-state index is 6.61. The van der Waals surface area contributed by atoms with Crippen LogP contribution in [0.4, 0.5) is 0 Å². The molecule has 0 saturated carbocycles. The summed E-state index contributed by atoms with van der Waals surface area (Å²) in [6.45, 7) is 8.54. The van der Waals surface area contributed by atoms with Gasteiger partial charge < -0.3 is 10.5 Å². The number of ether oxygens (including phenoxy) is 1. The van der Waals surface area contributed by atoms with Gasteiger partial charge in [0.25, 0.3) is 0 Å². The third kappa shape index (κ3) is 3.45. The van der Waals surface area contributed by atoms with Crippen molar-refractivity contribution in [2.75, 3.05) is 7.11 Å². The summed E-state index contributed by atoms with van der Waals surface area (Å²) >= 11 is 0. The van der Waals surface area contributed by atoms with Crippen molar-refractivity contribution in [1.82, 2.24) is 0 Å². The third-order valence-corrected chi connectivity index (χ3v) is 4.11. The van der Waals surface area contributed by atoms with Gasteiger partial charge in [-0.15, -0.1) is 0 Å². The van der Waals surface area contributed by atoms with E-state index in [-0.39, 0.29) is 0 Å².